The van der Waals surface area contributed by atoms with Crippen LogP contribution >= 0.6 is 0 Å². The fourth-order valence-electron chi connectivity index (χ4n) is 2.82. The molecule has 3 rings (SSSR count). The molecule has 0 aliphatic heterocycles. The third-order valence-electron chi connectivity index (χ3n) is 4.05. The van der Waals surface area contributed by atoms with Gasteiger partial charge in [0.1, 0.15) is 11.6 Å². The van der Waals surface area contributed by atoms with E-state index < -0.39 is 0 Å². The van der Waals surface area contributed by atoms with Crippen LogP contribution < -0.4 is 4.90 Å². The van der Waals surface area contributed by atoms with E-state index in [9.17, 15) is 0 Å². The highest BCUT2D eigenvalue weighted by Gasteiger charge is 2.08. The van der Waals surface area contributed by atoms with Crippen molar-refractivity contribution in [2.45, 2.75) is 33.4 Å². The second kappa shape index (κ2) is 6.86. The van der Waals surface area contributed by atoms with Gasteiger partial charge in [0.25, 0.3) is 0 Å². The molecule has 0 aliphatic carbocycles. The number of rotatable bonds is 6. The fourth-order valence-corrected chi connectivity index (χ4v) is 2.82. The van der Waals surface area contributed by atoms with E-state index in [0.717, 1.165) is 42.4 Å². The largest absolute Gasteiger partial charge is 0.363 e. The molecule has 126 valence electrons. The summed E-state index contributed by atoms with van der Waals surface area (Å²) in [4.78, 5) is 11.0. The van der Waals surface area contributed by atoms with Crippen LogP contribution in [0.5, 0.6) is 0 Å². The maximum absolute atomic E-state index is 4.51. The molecule has 0 atom stereocenters. The summed E-state index contributed by atoms with van der Waals surface area (Å²) in [6.07, 6.45) is 6.76. The molecule has 0 saturated heterocycles. The smallest absolute Gasteiger partial charge is 0.141 e. The summed E-state index contributed by atoms with van der Waals surface area (Å²) in [6, 6.07) is 6.20. The number of aryl methyl sites for hydroxylation is 4. The van der Waals surface area contributed by atoms with Crippen LogP contribution in [0.15, 0.2) is 36.8 Å². The minimum absolute atomic E-state index is 0.906. The van der Waals surface area contributed by atoms with Crippen LogP contribution in [0.4, 0.5) is 5.82 Å². The van der Waals surface area contributed by atoms with E-state index in [4.69, 9.17) is 0 Å². The number of nitrogens with zero attached hydrogens (tertiary/aromatic N) is 6. The predicted molar refractivity (Wildman–Crippen MR) is 96.1 cm³/mol. The van der Waals surface area contributed by atoms with Gasteiger partial charge in [0.05, 0.1) is 5.69 Å². The summed E-state index contributed by atoms with van der Waals surface area (Å²) in [6.45, 7) is 5.95. The Kier molecular flexibility index (Phi) is 4.64. The molecule has 0 N–H and O–H groups in total. The van der Waals surface area contributed by atoms with E-state index in [-0.39, 0.29) is 0 Å². The standard InChI is InChI=1S/C18H24N6/c1-14-12-15(2)24(21-14)10-5-9-23-11-8-19-18(23)16-6-7-17(20-13-16)22(3)4/h6-8,11-13H,5,9-10H2,1-4H3. The summed E-state index contributed by atoms with van der Waals surface area (Å²) >= 11 is 0. The average molecular weight is 324 g/mol. The first kappa shape index (κ1) is 16.2. The molecule has 0 amide bonds. The number of anilines is 1. The Labute approximate surface area is 142 Å². The molecule has 6 heteroatoms. The quantitative estimate of drug-likeness (QED) is 0.699. The van der Waals surface area contributed by atoms with Gasteiger partial charge in [0.2, 0.25) is 0 Å². The highest BCUT2D eigenvalue weighted by Crippen LogP contribution is 2.19. The minimum atomic E-state index is 0.906. The van der Waals surface area contributed by atoms with Crippen LogP contribution in [0.2, 0.25) is 0 Å². The summed E-state index contributed by atoms with van der Waals surface area (Å²) in [5, 5.41) is 4.51. The van der Waals surface area contributed by atoms with E-state index in [1.165, 1.54) is 5.69 Å². The second-order valence-corrected chi connectivity index (χ2v) is 6.25. The number of aromatic nitrogens is 5. The summed E-state index contributed by atoms with van der Waals surface area (Å²) in [5.74, 6) is 1.91. The lowest BCUT2D eigenvalue weighted by atomic mass is 10.2. The highest BCUT2D eigenvalue weighted by molar-refractivity contribution is 5.56. The van der Waals surface area contributed by atoms with E-state index in [2.05, 4.69) is 43.4 Å². The zero-order valence-corrected chi connectivity index (χ0v) is 14.8. The van der Waals surface area contributed by atoms with Gasteiger partial charge in [-0.15, -0.1) is 0 Å². The van der Waals surface area contributed by atoms with Crippen molar-refractivity contribution in [1.29, 1.82) is 0 Å². The van der Waals surface area contributed by atoms with Gasteiger partial charge in [-0.1, -0.05) is 0 Å². The van der Waals surface area contributed by atoms with Crippen LogP contribution in [0.25, 0.3) is 11.4 Å². The van der Waals surface area contributed by atoms with E-state index in [0.29, 0.717) is 0 Å². The van der Waals surface area contributed by atoms with Crippen LogP contribution in [-0.4, -0.2) is 38.4 Å². The van der Waals surface area contributed by atoms with E-state index >= 15 is 0 Å². The van der Waals surface area contributed by atoms with Crippen LogP contribution in [0.3, 0.4) is 0 Å². The average Bonchev–Trinajstić information content (AvgIpc) is 3.14. The first-order chi connectivity index (χ1) is 11.5. The molecule has 24 heavy (non-hydrogen) atoms. The molecule has 0 spiro atoms. The van der Waals surface area contributed by atoms with Gasteiger partial charge in [0.15, 0.2) is 0 Å². The molecule has 0 radical (unpaired) electrons. The normalized spacial score (nSPS) is 11.0. The van der Waals surface area contributed by atoms with Crippen LogP contribution in [0, 0.1) is 13.8 Å². The van der Waals surface area contributed by atoms with E-state index in [1.54, 1.807) is 0 Å². The van der Waals surface area contributed by atoms with Crippen LogP contribution in [-0.2, 0) is 13.1 Å². The Morgan fingerprint density at radius 1 is 1.08 bits per heavy atom. The van der Waals surface area contributed by atoms with Crippen molar-refractivity contribution in [3.8, 4) is 11.4 Å². The van der Waals surface area contributed by atoms with Crippen molar-refractivity contribution >= 4 is 5.82 Å². The Bertz CT molecular complexity index is 797. The maximum atomic E-state index is 4.51. The lowest BCUT2D eigenvalue weighted by molar-refractivity contribution is 0.518. The third kappa shape index (κ3) is 3.48. The van der Waals surface area contributed by atoms with Crippen molar-refractivity contribution in [2.75, 3.05) is 19.0 Å². The Morgan fingerprint density at radius 2 is 1.92 bits per heavy atom. The first-order valence-electron chi connectivity index (χ1n) is 8.20. The van der Waals surface area contributed by atoms with Crippen molar-refractivity contribution < 1.29 is 0 Å². The molecular weight excluding hydrogens is 300 g/mol. The SMILES string of the molecule is Cc1cc(C)n(CCCn2ccnc2-c2ccc(N(C)C)nc2)n1. The predicted octanol–water partition coefficient (Wildman–Crippen LogP) is 2.91. The van der Waals surface area contributed by atoms with Crippen molar-refractivity contribution in [3.63, 3.8) is 0 Å². The number of hydrogen-bond acceptors (Lipinski definition) is 4. The summed E-state index contributed by atoms with van der Waals surface area (Å²) in [7, 11) is 3.98. The molecule has 3 aromatic rings. The van der Waals surface area contributed by atoms with Gasteiger partial charge in [-0.3, -0.25) is 4.68 Å². The molecule has 0 aliphatic rings. The van der Waals surface area contributed by atoms with Gasteiger partial charge >= 0.3 is 0 Å². The number of hydrogen-bond donors (Lipinski definition) is 0. The summed E-state index contributed by atoms with van der Waals surface area (Å²) < 4.78 is 4.25. The lowest BCUT2D eigenvalue weighted by Gasteiger charge is -2.12. The molecule has 0 unspecified atom stereocenters. The topological polar surface area (TPSA) is 51.8 Å². The Hall–Kier alpha value is -2.63. The summed E-state index contributed by atoms with van der Waals surface area (Å²) in [5.41, 5.74) is 3.32. The van der Waals surface area contributed by atoms with Gasteiger partial charge in [-0.25, -0.2) is 9.97 Å². The molecule has 3 heterocycles. The Balaban J connectivity index is 1.68. The zero-order chi connectivity index (χ0) is 17.1. The van der Waals surface area contributed by atoms with E-state index in [1.807, 2.05) is 50.6 Å². The number of pyridine rings is 1. The molecule has 0 bridgehead atoms. The van der Waals surface area contributed by atoms with Gasteiger partial charge in [-0.05, 0) is 38.5 Å². The molecular formula is C18H24N6. The molecule has 0 fully saturated rings. The Morgan fingerprint density at radius 3 is 2.54 bits per heavy atom. The molecule has 6 nitrogen and oxygen atoms in total. The first-order valence-corrected chi connectivity index (χ1v) is 8.20. The van der Waals surface area contributed by atoms with Crippen molar-refractivity contribution in [1.82, 2.24) is 24.3 Å². The molecule has 0 saturated carbocycles. The monoisotopic (exact) mass is 324 g/mol. The minimum Gasteiger partial charge on any atom is -0.363 e. The van der Waals surface area contributed by atoms with Gasteiger partial charge in [-0.2, -0.15) is 5.10 Å². The maximum Gasteiger partial charge on any atom is 0.141 e. The zero-order valence-electron chi connectivity index (χ0n) is 14.8. The second-order valence-electron chi connectivity index (χ2n) is 6.25. The highest BCUT2D eigenvalue weighted by atomic mass is 15.3. The molecule has 3 aromatic heterocycles. The number of imidazole rings is 1. The molecule has 0 aromatic carbocycles. The van der Waals surface area contributed by atoms with Crippen molar-refractivity contribution in [3.05, 3.63) is 48.2 Å². The van der Waals surface area contributed by atoms with Gasteiger partial charge in [0, 0.05) is 57.0 Å². The fraction of sp³-hybridized carbons (Fsp3) is 0.389. The van der Waals surface area contributed by atoms with Crippen molar-refractivity contribution in [2.24, 2.45) is 0 Å². The lowest BCUT2D eigenvalue weighted by Crippen LogP contribution is -2.10. The van der Waals surface area contributed by atoms with Crippen LogP contribution in [0.1, 0.15) is 17.8 Å². The van der Waals surface area contributed by atoms with Gasteiger partial charge < -0.3 is 9.47 Å². The third-order valence-corrected chi connectivity index (χ3v) is 4.05.